The van der Waals surface area contributed by atoms with E-state index in [4.69, 9.17) is 0 Å². The van der Waals surface area contributed by atoms with E-state index >= 15 is 0 Å². The van der Waals surface area contributed by atoms with Crippen LogP contribution < -0.4 is 5.32 Å². The Kier molecular flexibility index (Phi) is 2.83. The molecule has 0 fully saturated rings. The zero-order valence-electron chi connectivity index (χ0n) is 11.4. The smallest absolute Gasteiger partial charge is 0.0763 e. The first-order valence-electron chi connectivity index (χ1n) is 6.70. The van der Waals surface area contributed by atoms with E-state index in [9.17, 15) is 5.11 Å². The summed E-state index contributed by atoms with van der Waals surface area (Å²) in [5.74, 6) is 0. The van der Waals surface area contributed by atoms with Crippen LogP contribution in [0.5, 0.6) is 0 Å². The summed E-state index contributed by atoms with van der Waals surface area (Å²) in [6.07, 6.45) is 1.00. The lowest BCUT2D eigenvalue weighted by atomic mass is 10.1. The van der Waals surface area contributed by atoms with E-state index < -0.39 is 5.60 Å². The van der Waals surface area contributed by atoms with E-state index in [1.165, 1.54) is 22.3 Å². The van der Waals surface area contributed by atoms with Crippen LogP contribution in [-0.2, 0) is 6.42 Å². The molecule has 0 bridgehead atoms. The number of nitrogens with one attached hydrogen (secondary N) is 1. The molecule has 0 spiro atoms. The largest absolute Gasteiger partial charge is 0.389 e. The molecule has 2 nitrogen and oxygen atoms in total. The summed E-state index contributed by atoms with van der Waals surface area (Å²) in [7, 11) is 0. The van der Waals surface area contributed by atoms with Crippen molar-refractivity contribution in [2.24, 2.45) is 0 Å². The molecule has 0 saturated carbocycles. The highest BCUT2D eigenvalue weighted by atomic mass is 16.3. The maximum absolute atomic E-state index is 9.75. The van der Waals surface area contributed by atoms with Gasteiger partial charge in [-0.05, 0) is 54.7 Å². The minimum absolute atomic E-state index is 0.554. The lowest BCUT2D eigenvalue weighted by Gasteiger charge is -2.19. The third-order valence-corrected chi connectivity index (χ3v) is 3.52. The standard InChI is InChI=1S/C17H19NO/c1-17(2,19)11-18-14-7-8-16-13(10-14)9-12-5-3-4-6-15(12)16/h3-8,10,18-19H,9,11H2,1-2H3. The van der Waals surface area contributed by atoms with Gasteiger partial charge in [-0.25, -0.2) is 0 Å². The Morgan fingerprint density at radius 3 is 2.58 bits per heavy atom. The fraction of sp³-hybridized carbons (Fsp3) is 0.294. The summed E-state index contributed by atoms with van der Waals surface area (Å²) < 4.78 is 0. The average Bonchev–Trinajstić information content (AvgIpc) is 2.73. The molecule has 2 aromatic carbocycles. The van der Waals surface area contributed by atoms with Gasteiger partial charge in [-0.1, -0.05) is 30.3 Å². The number of aliphatic hydroxyl groups is 1. The molecule has 0 amide bonds. The zero-order valence-corrected chi connectivity index (χ0v) is 11.4. The summed E-state index contributed by atoms with van der Waals surface area (Å²) in [5.41, 5.74) is 5.84. The average molecular weight is 253 g/mol. The molecule has 0 unspecified atom stereocenters. The van der Waals surface area contributed by atoms with Crippen LogP contribution >= 0.6 is 0 Å². The van der Waals surface area contributed by atoms with Crippen molar-refractivity contribution in [2.75, 3.05) is 11.9 Å². The first-order valence-corrected chi connectivity index (χ1v) is 6.70. The van der Waals surface area contributed by atoms with Gasteiger partial charge in [0.25, 0.3) is 0 Å². The highest BCUT2D eigenvalue weighted by Gasteiger charge is 2.18. The molecular formula is C17H19NO. The van der Waals surface area contributed by atoms with Gasteiger partial charge in [0.1, 0.15) is 0 Å². The molecule has 2 N–H and O–H groups in total. The summed E-state index contributed by atoms with van der Waals surface area (Å²) in [6.45, 7) is 4.17. The summed E-state index contributed by atoms with van der Waals surface area (Å²) in [6, 6.07) is 15.0. The Labute approximate surface area is 114 Å². The SMILES string of the molecule is CC(C)(O)CNc1ccc2c(c1)Cc1ccccc1-2. The van der Waals surface area contributed by atoms with Crippen molar-refractivity contribution in [3.63, 3.8) is 0 Å². The van der Waals surface area contributed by atoms with Crippen LogP contribution in [0.2, 0.25) is 0 Å². The molecule has 3 rings (SSSR count). The molecular weight excluding hydrogens is 234 g/mol. The number of rotatable bonds is 3. The molecule has 2 heteroatoms. The van der Waals surface area contributed by atoms with Gasteiger partial charge in [0.2, 0.25) is 0 Å². The van der Waals surface area contributed by atoms with Gasteiger partial charge in [-0.3, -0.25) is 0 Å². The van der Waals surface area contributed by atoms with Gasteiger partial charge in [0.15, 0.2) is 0 Å². The second kappa shape index (κ2) is 4.39. The van der Waals surface area contributed by atoms with Crippen LogP contribution in [0.1, 0.15) is 25.0 Å². The van der Waals surface area contributed by atoms with Crippen molar-refractivity contribution in [3.05, 3.63) is 53.6 Å². The van der Waals surface area contributed by atoms with Gasteiger partial charge in [-0.15, -0.1) is 0 Å². The predicted octanol–water partition coefficient (Wildman–Crippen LogP) is 3.44. The van der Waals surface area contributed by atoms with E-state index in [2.05, 4.69) is 47.8 Å². The monoisotopic (exact) mass is 253 g/mol. The van der Waals surface area contributed by atoms with Gasteiger partial charge >= 0.3 is 0 Å². The maximum atomic E-state index is 9.75. The first-order chi connectivity index (χ1) is 9.03. The molecule has 98 valence electrons. The fourth-order valence-corrected chi connectivity index (χ4v) is 2.57. The summed E-state index contributed by atoms with van der Waals surface area (Å²) in [4.78, 5) is 0. The van der Waals surface area contributed by atoms with Crippen molar-refractivity contribution >= 4 is 5.69 Å². The number of benzene rings is 2. The normalized spacial score (nSPS) is 13.0. The topological polar surface area (TPSA) is 32.3 Å². The third-order valence-electron chi connectivity index (χ3n) is 3.52. The van der Waals surface area contributed by atoms with E-state index in [1.54, 1.807) is 0 Å². The number of anilines is 1. The lowest BCUT2D eigenvalue weighted by Crippen LogP contribution is -2.29. The lowest BCUT2D eigenvalue weighted by molar-refractivity contribution is 0.0945. The van der Waals surface area contributed by atoms with Crippen molar-refractivity contribution in [3.8, 4) is 11.1 Å². The van der Waals surface area contributed by atoms with Crippen LogP contribution in [-0.4, -0.2) is 17.3 Å². The highest BCUT2D eigenvalue weighted by molar-refractivity contribution is 5.78. The van der Waals surface area contributed by atoms with E-state index in [0.717, 1.165) is 12.1 Å². The second-order valence-electron chi connectivity index (χ2n) is 5.87. The molecule has 19 heavy (non-hydrogen) atoms. The zero-order chi connectivity index (χ0) is 13.5. The molecule has 0 aromatic heterocycles. The molecule has 0 saturated heterocycles. The van der Waals surface area contributed by atoms with Gasteiger partial charge in [0.05, 0.1) is 5.60 Å². The third kappa shape index (κ3) is 2.49. The minimum Gasteiger partial charge on any atom is -0.389 e. The summed E-state index contributed by atoms with van der Waals surface area (Å²) in [5, 5.41) is 13.0. The summed E-state index contributed by atoms with van der Waals surface area (Å²) >= 11 is 0. The van der Waals surface area contributed by atoms with Crippen molar-refractivity contribution in [1.82, 2.24) is 0 Å². The Morgan fingerprint density at radius 1 is 1.05 bits per heavy atom. The molecule has 1 aliphatic rings. The first kappa shape index (κ1) is 12.2. The van der Waals surface area contributed by atoms with Crippen LogP contribution in [0.4, 0.5) is 5.69 Å². The Hall–Kier alpha value is -1.80. The number of fused-ring (bicyclic) bond motifs is 3. The fourth-order valence-electron chi connectivity index (χ4n) is 2.57. The van der Waals surface area contributed by atoms with E-state index in [1.807, 2.05) is 13.8 Å². The molecule has 0 aliphatic heterocycles. The van der Waals surface area contributed by atoms with Crippen molar-refractivity contribution < 1.29 is 5.11 Å². The van der Waals surface area contributed by atoms with Crippen LogP contribution in [0, 0.1) is 0 Å². The molecule has 2 aromatic rings. The maximum Gasteiger partial charge on any atom is 0.0763 e. The van der Waals surface area contributed by atoms with Gasteiger partial charge < -0.3 is 10.4 Å². The molecule has 0 heterocycles. The van der Waals surface area contributed by atoms with Crippen molar-refractivity contribution in [2.45, 2.75) is 25.9 Å². The molecule has 1 aliphatic carbocycles. The Balaban J connectivity index is 1.85. The highest BCUT2D eigenvalue weighted by Crippen LogP contribution is 2.37. The quantitative estimate of drug-likeness (QED) is 0.749. The van der Waals surface area contributed by atoms with E-state index in [-0.39, 0.29) is 0 Å². The van der Waals surface area contributed by atoms with Crippen LogP contribution in [0.3, 0.4) is 0 Å². The predicted molar refractivity (Wildman–Crippen MR) is 79.5 cm³/mol. The minimum atomic E-state index is -0.692. The Bertz CT molecular complexity index is 611. The van der Waals surface area contributed by atoms with Crippen molar-refractivity contribution in [1.29, 1.82) is 0 Å². The molecule has 0 atom stereocenters. The van der Waals surface area contributed by atoms with Crippen LogP contribution in [0.25, 0.3) is 11.1 Å². The number of hydrogen-bond acceptors (Lipinski definition) is 2. The second-order valence-corrected chi connectivity index (χ2v) is 5.87. The Morgan fingerprint density at radius 2 is 1.79 bits per heavy atom. The number of hydrogen-bond donors (Lipinski definition) is 2. The van der Waals surface area contributed by atoms with Gasteiger partial charge in [-0.2, -0.15) is 0 Å². The molecule has 0 radical (unpaired) electrons. The van der Waals surface area contributed by atoms with Gasteiger partial charge in [0, 0.05) is 12.2 Å². The van der Waals surface area contributed by atoms with Crippen LogP contribution in [0.15, 0.2) is 42.5 Å². The van der Waals surface area contributed by atoms with E-state index in [0.29, 0.717) is 6.54 Å².